The van der Waals surface area contributed by atoms with Gasteiger partial charge in [-0.2, -0.15) is 0 Å². The molecule has 29 heavy (non-hydrogen) atoms. The number of anilines is 2. The van der Waals surface area contributed by atoms with Gasteiger partial charge in [-0.1, -0.05) is 36.6 Å². The van der Waals surface area contributed by atoms with E-state index in [9.17, 15) is 0 Å². The van der Waals surface area contributed by atoms with Crippen molar-refractivity contribution in [2.75, 3.05) is 43.1 Å². The van der Waals surface area contributed by atoms with Crippen LogP contribution in [0.4, 0.5) is 11.5 Å². The monoisotopic (exact) mass is 430 g/mol. The summed E-state index contributed by atoms with van der Waals surface area (Å²) in [4.78, 5) is 6.81. The third kappa shape index (κ3) is 5.00. The lowest BCUT2D eigenvalue weighted by molar-refractivity contribution is 0.122. The smallest absolute Gasteiger partial charge is 0.170 e. The Bertz CT molecular complexity index is 816. The van der Waals surface area contributed by atoms with E-state index >= 15 is 0 Å². The van der Waals surface area contributed by atoms with Gasteiger partial charge in [0.05, 0.1) is 25.1 Å². The molecule has 1 aliphatic heterocycles. The Morgan fingerprint density at radius 2 is 1.83 bits per heavy atom. The number of hydrogen-bond acceptors (Lipinski definition) is 4. The Morgan fingerprint density at radius 1 is 1.10 bits per heavy atom. The van der Waals surface area contributed by atoms with E-state index in [4.69, 9.17) is 28.6 Å². The maximum atomic E-state index is 6.08. The van der Waals surface area contributed by atoms with Crippen LogP contribution in [0, 0.1) is 0 Å². The molecule has 7 heteroatoms. The highest BCUT2D eigenvalue weighted by Crippen LogP contribution is 2.41. The Kier molecular flexibility index (Phi) is 6.53. The highest BCUT2D eigenvalue weighted by molar-refractivity contribution is 7.80. The number of nitrogens with one attached hydrogen (secondary N) is 2. The van der Waals surface area contributed by atoms with Crippen LogP contribution in [-0.4, -0.2) is 42.9 Å². The topological polar surface area (TPSA) is 49.4 Å². The van der Waals surface area contributed by atoms with Crippen LogP contribution >= 0.6 is 23.8 Å². The molecule has 2 aromatic rings. The first-order chi connectivity index (χ1) is 14.1. The fourth-order valence-corrected chi connectivity index (χ4v) is 4.60. The van der Waals surface area contributed by atoms with Crippen LogP contribution in [0.15, 0.2) is 42.6 Å². The third-order valence-corrected chi connectivity index (χ3v) is 6.44. The van der Waals surface area contributed by atoms with Crippen LogP contribution in [-0.2, 0) is 10.2 Å². The van der Waals surface area contributed by atoms with Crippen molar-refractivity contribution in [1.29, 1.82) is 0 Å². The second-order valence-corrected chi connectivity index (χ2v) is 8.65. The van der Waals surface area contributed by atoms with Crippen molar-refractivity contribution in [3.63, 3.8) is 0 Å². The molecule has 5 nitrogen and oxygen atoms in total. The molecule has 2 fully saturated rings. The van der Waals surface area contributed by atoms with Crippen molar-refractivity contribution in [2.45, 2.75) is 31.1 Å². The number of ether oxygens (including phenoxy) is 1. The second kappa shape index (κ2) is 9.28. The standard InChI is InChI=1S/C22H27ClN4OS/c23-18-5-3-17(4-6-18)22(9-1-2-10-22)16-25-21(29)26-19-7-8-20(24-15-19)27-11-13-28-14-12-27/h3-8,15H,1-2,9-14,16H2,(H2,25,26,29). The summed E-state index contributed by atoms with van der Waals surface area (Å²) in [7, 11) is 0. The first-order valence-corrected chi connectivity index (χ1v) is 11.0. The number of pyridine rings is 1. The van der Waals surface area contributed by atoms with Crippen molar-refractivity contribution in [1.82, 2.24) is 10.3 Å². The van der Waals surface area contributed by atoms with Gasteiger partial charge in [0.25, 0.3) is 0 Å². The van der Waals surface area contributed by atoms with Gasteiger partial charge in [0.15, 0.2) is 5.11 Å². The number of halogens is 1. The van der Waals surface area contributed by atoms with E-state index in [1.165, 1.54) is 31.2 Å². The highest BCUT2D eigenvalue weighted by atomic mass is 35.5. The van der Waals surface area contributed by atoms with Gasteiger partial charge in [0.1, 0.15) is 5.82 Å². The van der Waals surface area contributed by atoms with Crippen LogP contribution < -0.4 is 15.5 Å². The van der Waals surface area contributed by atoms with Crippen LogP contribution in [0.3, 0.4) is 0 Å². The van der Waals surface area contributed by atoms with Crippen LogP contribution in [0.1, 0.15) is 31.2 Å². The Morgan fingerprint density at radius 3 is 2.48 bits per heavy atom. The number of aromatic nitrogens is 1. The summed E-state index contributed by atoms with van der Waals surface area (Å²) < 4.78 is 5.40. The van der Waals surface area contributed by atoms with Gasteiger partial charge < -0.3 is 20.3 Å². The van der Waals surface area contributed by atoms with Gasteiger partial charge >= 0.3 is 0 Å². The summed E-state index contributed by atoms with van der Waals surface area (Å²) in [5, 5.41) is 8.11. The quantitative estimate of drug-likeness (QED) is 0.687. The fraction of sp³-hybridized carbons (Fsp3) is 0.455. The maximum Gasteiger partial charge on any atom is 0.170 e. The summed E-state index contributed by atoms with van der Waals surface area (Å²) in [6, 6.07) is 12.3. The van der Waals surface area contributed by atoms with Gasteiger partial charge in [-0.3, -0.25) is 0 Å². The predicted molar refractivity (Wildman–Crippen MR) is 123 cm³/mol. The summed E-state index contributed by atoms with van der Waals surface area (Å²) in [5.41, 5.74) is 2.35. The van der Waals surface area contributed by atoms with Gasteiger partial charge in [0, 0.05) is 30.1 Å². The third-order valence-electron chi connectivity index (χ3n) is 5.95. The van der Waals surface area contributed by atoms with E-state index in [-0.39, 0.29) is 5.41 Å². The summed E-state index contributed by atoms with van der Waals surface area (Å²) >= 11 is 11.6. The zero-order chi connectivity index (χ0) is 20.1. The first-order valence-electron chi connectivity index (χ1n) is 10.2. The van der Waals surface area contributed by atoms with Crippen LogP contribution in [0.2, 0.25) is 5.02 Å². The van der Waals surface area contributed by atoms with Gasteiger partial charge in [-0.05, 0) is 54.9 Å². The lowest BCUT2D eigenvalue weighted by atomic mass is 9.79. The van der Waals surface area contributed by atoms with Crippen LogP contribution in [0.5, 0.6) is 0 Å². The van der Waals surface area contributed by atoms with Crippen molar-refractivity contribution in [3.8, 4) is 0 Å². The highest BCUT2D eigenvalue weighted by Gasteiger charge is 2.35. The molecule has 2 aliphatic rings. The molecule has 1 aromatic heterocycles. The Hall–Kier alpha value is -1.89. The molecule has 0 bridgehead atoms. The lowest BCUT2D eigenvalue weighted by Crippen LogP contribution is -2.40. The Balaban J connectivity index is 1.34. The summed E-state index contributed by atoms with van der Waals surface area (Å²) in [6.07, 6.45) is 6.66. The summed E-state index contributed by atoms with van der Waals surface area (Å²) in [5.74, 6) is 0.977. The minimum atomic E-state index is 0.120. The molecule has 1 saturated carbocycles. The average molecular weight is 431 g/mol. The molecule has 0 atom stereocenters. The lowest BCUT2D eigenvalue weighted by Gasteiger charge is -2.31. The van der Waals surface area contributed by atoms with Crippen molar-refractivity contribution < 1.29 is 4.74 Å². The second-order valence-electron chi connectivity index (χ2n) is 7.81. The van der Waals surface area contributed by atoms with E-state index < -0.39 is 0 Å². The molecule has 0 unspecified atom stereocenters. The minimum absolute atomic E-state index is 0.120. The number of rotatable bonds is 5. The molecule has 1 aromatic carbocycles. The molecule has 1 aliphatic carbocycles. The van der Waals surface area contributed by atoms with E-state index in [2.05, 4.69) is 32.7 Å². The normalized spacial score (nSPS) is 18.4. The van der Waals surface area contributed by atoms with E-state index in [0.29, 0.717) is 5.11 Å². The maximum absolute atomic E-state index is 6.08. The van der Waals surface area contributed by atoms with Gasteiger partial charge in [-0.25, -0.2) is 4.98 Å². The summed E-state index contributed by atoms with van der Waals surface area (Å²) in [6.45, 7) is 4.09. The number of nitrogens with zero attached hydrogens (tertiary/aromatic N) is 2. The molecule has 154 valence electrons. The fourth-order valence-electron chi connectivity index (χ4n) is 4.29. The molecule has 2 heterocycles. The largest absolute Gasteiger partial charge is 0.378 e. The zero-order valence-electron chi connectivity index (χ0n) is 16.5. The number of morpholine rings is 1. The minimum Gasteiger partial charge on any atom is -0.378 e. The Labute approximate surface area is 182 Å². The van der Waals surface area contributed by atoms with Gasteiger partial charge in [-0.15, -0.1) is 0 Å². The van der Waals surface area contributed by atoms with Crippen molar-refractivity contribution in [2.24, 2.45) is 0 Å². The molecule has 1 saturated heterocycles. The molecule has 2 N–H and O–H groups in total. The predicted octanol–water partition coefficient (Wildman–Crippen LogP) is 4.37. The molecular formula is C22H27ClN4OS. The number of benzene rings is 1. The van der Waals surface area contributed by atoms with Crippen molar-refractivity contribution >= 4 is 40.4 Å². The molecule has 0 radical (unpaired) electrons. The SMILES string of the molecule is S=C(NCC1(c2ccc(Cl)cc2)CCCC1)Nc1ccc(N2CCOCC2)nc1. The van der Waals surface area contributed by atoms with Crippen LogP contribution in [0.25, 0.3) is 0 Å². The molecule has 0 amide bonds. The number of hydrogen-bond donors (Lipinski definition) is 2. The average Bonchev–Trinajstić information content (AvgIpc) is 3.24. The first kappa shape index (κ1) is 20.4. The van der Waals surface area contributed by atoms with E-state index in [1.54, 1.807) is 0 Å². The van der Waals surface area contributed by atoms with E-state index in [0.717, 1.165) is 49.4 Å². The molecular weight excluding hydrogens is 404 g/mol. The molecule has 4 rings (SSSR count). The van der Waals surface area contributed by atoms with Crippen molar-refractivity contribution in [3.05, 3.63) is 53.2 Å². The van der Waals surface area contributed by atoms with Gasteiger partial charge in [0.2, 0.25) is 0 Å². The molecule has 0 spiro atoms. The zero-order valence-corrected chi connectivity index (χ0v) is 18.1. The van der Waals surface area contributed by atoms with E-state index in [1.807, 2.05) is 30.5 Å². The number of thiocarbonyl (C=S) groups is 1.